The maximum absolute atomic E-state index is 12.6. The topological polar surface area (TPSA) is 57.2 Å². The van der Waals surface area contributed by atoms with E-state index in [0.717, 1.165) is 42.7 Å². The largest absolute Gasteiger partial charge is 0.360 e. The van der Waals surface area contributed by atoms with Gasteiger partial charge >= 0.3 is 0 Å². The first kappa shape index (κ1) is 12.2. The van der Waals surface area contributed by atoms with Gasteiger partial charge in [0.1, 0.15) is 0 Å². The summed E-state index contributed by atoms with van der Waals surface area (Å²) in [5.41, 5.74) is 3.59. The van der Waals surface area contributed by atoms with Crippen LogP contribution in [0.2, 0.25) is 0 Å². The Labute approximate surface area is 119 Å². The van der Waals surface area contributed by atoms with Crippen LogP contribution in [0.4, 0.5) is 0 Å². The monoisotopic (exact) mass is 271 g/mol. The molecule has 4 nitrogen and oxygen atoms in total. The molecular formula is C16H21N3O. The molecule has 0 spiro atoms. The van der Waals surface area contributed by atoms with Crippen molar-refractivity contribution in [2.45, 2.75) is 38.5 Å². The molecule has 5 rings (SSSR count). The summed E-state index contributed by atoms with van der Waals surface area (Å²) in [7, 11) is 0. The number of carbonyl (C=O) groups excluding carboxylic acids is 1. The molecular weight excluding hydrogens is 250 g/mol. The maximum atomic E-state index is 12.6. The first-order valence-corrected chi connectivity index (χ1v) is 7.70. The van der Waals surface area contributed by atoms with E-state index in [1.54, 1.807) is 6.21 Å². The number of nitrogens with one attached hydrogen (secondary N) is 2. The van der Waals surface area contributed by atoms with Crippen molar-refractivity contribution in [1.82, 2.24) is 10.4 Å². The summed E-state index contributed by atoms with van der Waals surface area (Å²) in [6, 6.07) is 3.85. The second-order valence-corrected chi connectivity index (χ2v) is 7.02. The molecule has 2 N–H and O–H groups in total. The third-order valence-corrected chi connectivity index (χ3v) is 5.51. The molecule has 1 aromatic rings. The van der Waals surface area contributed by atoms with E-state index in [9.17, 15) is 4.79 Å². The highest BCUT2D eigenvalue weighted by molar-refractivity contribution is 5.85. The average Bonchev–Trinajstić information content (AvgIpc) is 2.90. The van der Waals surface area contributed by atoms with Gasteiger partial charge in [0, 0.05) is 6.20 Å². The molecule has 4 heteroatoms. The van der Waals surface area contributed by atoms with E-state index in [1.807, 2.05) is 18.3 Å². The van der Waals surface area contributed by atoms with Crippen molar-refractivity contribution >= 4 is 12.1 Å². The van der Waals surface area contributed by atoms with Crippen LogP contribution in [0, 0.1) is 23.2 Å². The van der Waals surface area contributed by atoms with Gasteiger partial charge in [0.05, 0.1) is 17.3 Å². The molecule has 1 aromatic heterocycles. The van der Waals surface area contributed by atoms with Crippen LogP contribution in [0.3, 0.4) is 0 Å². The molecule has 4 bridgehead atoms. The first-order chi connectivity index (χ1) is 9.73. The number of amides is 1. The zero-order valence-electron chi connectivity index (χ0n) is 11.6. The number of aromatic amines is 1. The molecule has 4 aliphatic rings. The Hall–Kier alpha value is -1.58. The van der Waals surface area contributed by atoms with Gasteiger partial charge < -0.3 is 4.98 Å². The molecule has 0 aliphatic heterocycles. The number of hydrazone groups is 1. The van der Waals surface area contributed by atoms with E-state index in [4.69, 9.17) is 0 Å². The summed E-state index contributed by atoms with van der Waals surface area (Å²) in [6.07, 6.45) is 10.9. The average molecular weight is 271 g/mol. The van der Waals surface area contributed by atoms with Crippen LogP contribution in [0.15, 0.2) is 23.4 Å². The molecule has 0 aromatic carbocycles. The van der Waals surface area contributed by atoms with E-state index in [0.29, 0.717) is 0 Å². The molecule has 1 amide bonds. The van der Waals surface area contributed by atoms with Crippen LogP contribution in [0.5, 0.6) is 0 Å². The molecule has 4 saturated carbocycles. The number of H-pyrrole nitrogens is 1. The number of hydrogen-bond acceptors (Lipinski definition) is 2. The Morgan fingerprint density at radius 2 is 1.90 bits per heavy atom. The van der Waals surface area contributed by atoms with Crippen molar-refractivity contribution in [2.75, 3.05) is 0 Å². The lowest BCUT2D eigenvalue weighted by Crippen LogP contribution is -2.52. The third-order valence-electron chi connectivity index (χ3n) is 5.51. The maximum Gasteiger partial charge on any atom is 0.246 e. The minimum atomic E-state index is -0.109. The smallest absolute Gasteiger partial charge is 0.246 e. The molecule has 4 fully saturated rings. The van der Waals surface area contributed by atoms with E-state index in [1.165, 1.54) is 19.3 Å². The van der Waals surface area contributed by atoms with Crippen LogP contribution < -0.4 is 5.43 Å². The minimum absolute atomic E-state index is 0.109. The van der Waals surface area contributed by atoms with Gasteiger partial charge in [-0.1, -0.05) is 0 Å². The van der Waals surface area contributed by atoms with Crippen molar-refractivity contribution in [1.29, 1.82) is 0 Å². The summed E-state index contributed by atoms with van der Waals surface area (Å²) < 4.78 is 0. The molecule has 1 heterocycles. The van der Waals surface area contributed by atoms with E-state index in [-0.39, 0.29) is 11.3 Å². The fourth-order valence-electron chi connectivity index (χ4n) is 5.09. The molecule has 4 aliphatic carbocycles. The number of rotatable bonds is 3. The SMILES string of the molecule is O=C(N/N=C\c1ccc[nH]1)C12CC3CC(CC(C3)C1)C2. The molecule has 0 radical (unpaired) electrons. The summed E-state index contributed by atoms with van der Waals surface area (Å²) in [5, 5.41) is 4.12. The summed E-state index contributed by atoms with van der Waals surface area (Å²) >= 11 is 0. The van der Waals surface area contributed by atoms with Gasteiger partial charge in [0.15, 0.2) is 0 Å². The normalized spacial score (nSPS) is 38.5. The first-order valence-electron chi connectivity index (χ1n) is 7.70. The summed E-state index contributed by atoms with van der Waals surface area (Å²) in [5.74, 6) is 2.53. The Balaban J connectivity index is 1.45. The van der Waals surface area contributed by atoms with Gasteiger partial charge in [-0.3, -0.25) is 4.79 Å². The van der Waals surface area contributed by atoms with Crippen LogP contribution >= 0.6 is 0 Å². The Bertz CT molecular complexity index is 497. The number of carbonyl (C=O) groups is 1. The summed E-state index contributed by atoms with van der Waals surface area (Å²) in [4.78, 5) is 15.6. The van der Waals surface area contributed by atoms with Gasteiger partial charge in [0.2, 0.25) is 5.91 Å². The number of aromatic nitrogens is 1. The molecule has 0 saturated heterocycles. The lowest BCUT2D eigenvalue weighted by Gasteiger charge is -2.55. The fourth-order valence-corrected chi connectivity index (χ4v) is 5.09. The third kappa shape index (κ3) is 1.98. The Kier molecular flexibility index (Phi) is 2.72. The fraction of sp³-hybridized carbons (Fsp3) is 0.625. The van der Waals surface area contributed by atoms with Crippen molar-refractivity contribution in [3.63, 3.8) is 0 Å². The van der Waals surface area contributed by atoms with Crippen molar-refractivity contribution in [3.05, 3.63) is 24.0 Å². The second-order valence-electron chi connectivity index (χ2n) is 7.02. The van der Waals surface area contributed by atoms with Gasteiger partial charge in [0.25, 0.3) is 0 Å². The van der Waals surface area contributed by atoms with Crippen LogP contribution in [0.1, 0.15) is 44.2 Å². The van der Waals surface area contributed by atoms with Crippen LogP contribution in [-0.2, 0) is 4.79 Å². The van der Waals surface area contributed by atoms with E-state index in [2.05, 4.69) is 15.5 Å². The van der Waals surface area contributed by atoms with Gasteiger partial charge in [-0.2, -0.15) is 5.10 Å². The quantitative estimate of drug-likeness (QED) is 0.644. The van der Waals surface area contributed by atoms with E-state index < -0.39 is 0 Å². The van der Waals surface area contributed by atoms with Crippen LogP contribution in [-0.4, -0.2) is 17.1 Å². The van der Waals surface area contributed by atoms with Crippen LogP contribution in [0.25, 0.3) is 0 Å². The van der Waals surface area contributed by atoms with Crippen molar-refractivity contribution in [3.8, 4) is 0 Å². The lowest BCUT2D eigenvalue weighted by atomic mass is 9.49. The van der Waals surface area contributed by atoms with Crippen molar-refractivity contribution in [2.24, 2.45) is 28.3 Å². The second kappa shape index (κ2) is 4.47. The molecule has 0 unspecified atom stereocenters. The predicted molar refractivity (Wildman–Crippen MR) is 77.1 cm³/mol. The molecule has 0 atom stereocenters. The Morgan fingerprint density at radius 3 is 2.45 bits per heavy atom. The van der Waals surface area contributed by atoms with Gasteiger partial charge in [-0.15, -0.1) is 0 Å². The minimum Gasteiger partial charge on any atom is -0.360 e. The Morgan fingerprint density at radius 1 is 1.25 bits per heavy atom. The van der Waals surface area contributed by atoms with Gasteiger partial charge in [-0.05, 0) is 68.4 Å². The highest BCUT2D eigenvalue weighted by Gasteiger charge is 2.54. The van der Waals surface area contributed by atoms with Crippen molar-refractivity contribution < 1.29 is 4.79 Å². The highest BCUT2D eigenvalue weighted by Crippen LogP contribution is 2.60. The standard InChI is InChI=1S/C16H21N3O/c20-15(19-18-10-14-2-1-3-17-14)16-7-11-4-12(8-16)6-13(5-11)9-16/h1-3,10-13,17H,4-9H2,(H,19,20)/b18-10-. The van der Waals surface area contributed by atoms with Gasteiger partial charge in [-0.25, -0.2) is 5.43 Å². The molecule has 20 heavy (non-hydrogen) atoms. The van der Waals surface area contributed by atoms with E-state index >= 15 is 0 Å². The number of hydrogen-bond donors (Lipinski definition) is 2. The highest BCUT2D eigenvalue weighted by atomic mass is 16.2. The number of nitrogens with zero attached hydrogens (tertiary/aromatic N) is 1. The zero-order valence-corrected chi connectivity index (χ0v) is 11.6. The predicted octanol–water partition coefficient (Wildman–Crippen LogP) is 2.68. The molecule has 106 valence electrons. The summed E-state index contributed by atoms with van der Waals surface area (Å²) in [6.45, 7) is 0. The lowest BCUT2D eigenvalue weighted by molar-refractivity contribution is -0.146. The zero-order chi connectivity index (χ0) is 13.6.